The van der Waals surface area contributed by atoms with E-state index in [1.807, 2.05) is 35.9 Å². The number of nitrogen functional groups attached to an aromatic ring is 1. The van der Waals surface area contributed by atoms with Crippen LogP contribution in [0.2, 0.25) is 0 Å². The second kappa shape index (κ2) is 4.26. The van der Waals surface area contributed by atoms with Crippen molar-refractivity contribution in [2.45, 2.75) is 13.5 Å². The molecule has 0 radical (unpaired) electrons. The number of aryl methyl sites for hydroxylation is 1. The molecule has 1 heterocycles. The van der Waals surface area contributed by atoms with Crippen molar-refractivity contribution in [3.8, 4) is 5.75 Å². The van der Waals surface area contributed by atoms with Gasteiger partial charge in [0.25, 0.3) is 0 Å². The number of hydrogen-bond acceptors (Lipinski definition) is 3. The largest absolute Gasteiger partial charge is 0.496 e. The topological polar surface area (TPSA) is 53.1 Å². The average Bonchev–Trinajstić information content (AvgIpc) is 2.67. The van der Waals surface area contributed by atoms with Gasteiger partial charge in [-0.05, 0) is 19.1 Å². The molecule has 0 fully saturated rings. The summed E-state index contributed by atoms with van der Waals surface area (Å²) in [6.45, 7) is 2.72. The van der Waals surface area contributed by atoms with E-state index >= 15 is 0 Å². The molecule has 1 aromatic carbocycles. The van der Waals surface area contributed by atoms with Crippen molar-refractivity contribution in [2.75, 3.05) is 12.8 Å². The molecule has 0 spiro atoms. The predicted molar refractivity (Wildman–Crippen MR) is 63.5 cm³/mol. The van der Waals surface area contributed by atoms with Crippen LogP contribution in [0.15, 0.2) is 30.5 Å². The Bertz CT molecular complexity index is 491. The molecular weight excluding hydrogens is 202 g/mol. The third-order valence-corrected chi connectivity index (χ3v) is 2.56. The Labute approximate surface area is 94.6 Å². The maximum atomic E-state index is 5.70. The first-order valence-electron chi connectivity index (χ1n) is 5.11. The Kier molecular flexibility index (Phi) is 2.81. The van der Waals surface area contributed by atoms with Gasteiger partial charge in [0.1, 0.15) is 5.75 Å². The average molecular weight is 217 g/mol. The highest BCUT2D eigenvalue weighted by Gasteiger charge is 2.05. The smallest absolute Gasteiger partial charge is 0.125 e. The predicted octanol–water partition coefficient (Wildman–Crippen LogP) is 1.83. The number of methoxy groups -OCH3 is 1. The minimum atomic E-state index is 0.697. The van der Waals surface area contributed by atoms with Gasteiger partial charge in [-0.15, -0.1) is 0 Å². The van der Waals surface area contributed by atoms with Gasteiger partial charge in [0.15, 0.2) is 0 Å². The summed E-state index contributed by atoms with van der Waals surface area (Å²) < 4.78 is 7.22. The van der Waals surface area contributed by atoms with E-state index in [4.69, 9.17) is 10.5 Å². The molecule has 16 heavy (non-hydrogen) atoms. The molecule has 0 aliphatic heterocycles. The van der Waals surface area contributed by atoms with E-state index in [2.05, 4.69) is 5.10 Å². The van der Waals surface area contributed by atoms with Crippen LogP contribution >= 0.6 is 0 Å². The lowest BCUT2D eigenvalue weighted by atomic mass is 10.2. The van der Waals surface area contributed by atoms with Crippen LogP contribution in [0.3, 0.4) is 0 Å². The summed E-state index contributed by atoms with van der Waals surface area (Å²) in [5.41, 5.74) is 8.61. The maximum Gasteiger partial charge on any atom is 0.125 e. The van der Waals surface area contributed by atoms with Gasteiger partial charge in [0.2, 0.25) is 0 Å². The quantitative estimate of drug-likeness (QED) is 0.798. The van der Waals surface area contributed by atoms with Gasteiger partial charge in [-0.2, -0.15) is 5.10 Å². The van der Waals surface area contributed by atoms with Gasteiger partial charge in [-0.3, -0.25) is 4.68 Å². The van der Waals surface area contributed by atoms with Gasteiger partial charge in [-0.1, -0.05) is 6.07 Å². The first-order chi connectivity index (χ1) is 7.70. The number of ether oxygens (including phenoxy) is 1. The zero-order chi connectivity index (χ0) is 11.5. The zero-order valence-electron chi connectivity index (χ0n) is 9.47. The van der Waals surface area contributed by atoms with E-state index < -0.39 is 0 Å². The number of aromatic nitrogens is 2. The summed E-state index contributed by atoms with van der Waals surface area (Å²) in [5, 5.41) is 4.24. The Hall–Kier alpha value is -1.97. The minimum absolute atomic E-state index is 0.697. The van der Waals surface area contributed by atoms with Crippen LogP contribution in [-0.2, 0) is 6.54 Å². The van der Waals surface area contributed by atoms with Crippen molar-refractivity contribution in [1.29, 1.82) is 0 Å². The van der Waals surface area contributed by atoms with Crippen LogP contribution in [-0.4, -0.2) is 16.9 Å². The van der Waals surface area contributed by atoms with E-state index in [-0.39, 0.29) is 0 Å². The molecule has 0 aliphatic rings. The second-order valence-electron chi connectivity index (χ2n) is 3.70. The van der Waals surface area contributed by atoms with Crippen molar-refractivity contribution in [3.05, 3.63) is 41.7 Å². The maximum absolute atomic E-state index is 5.70. The summed E-state index contributed by atoms with van der Waals surface area (Å²) in [6, 6.07) is 7.64. The Balaban J connectivity index is 2.31. The lowest BCUT2D eigenvalue weighted by molar-refractivity contribution is 0.407. The van der Waals surface area contributed by atoms with Crippen LogP contribution in [0.4, 0.5) is 5.69 Å². The zero-order valence-corrected chi connectivity index (χ0v) is 9.47. The second-order valence-corrected chi connectivity index (χ2v) is 3.70. The number of nitrogens with zero attached hydrogens (tertiary/aromatic N) is 2. The number of hydrogen-bond donors (Lipinski definition) is 1. The third kappa shape index (κ3) is 2.00. The molecule has 1 aromatic heterocycles. The summed E-state index contributed by atoms with van der Waals surface area (Å²) in [4.78, 5) is 0. The van der Waals surface area contributed by atoms with Crippen LogP contribution in [0.1, 0.15) is 11.3 Å². The van der Waals surface area contributed by atoms with Crippen molar-refractivity contribution in [3.63, 3.8) is 0 Å². The molecule has 0 unspecified atom stereocenters. The first-order valence-corrected chi connectivity index (χ1v) is 5.11. The van der Waals surface area contributed by atoms with Crippen molar-refractivity contribution in [2.24, 2.45) is 0 Å². The number of anilines is 1. The third-order valence-electron chi connectivity index (χ3n) is 2.56. The van der Waals surface area contributed by atoms with Crippen molar-refractivity contribution in [1.82, 2.24) is 9.78 Å². The molecule has 0 amide bonds. The Morgan fingerprint density at radius 1 is 1.38 bits per heavy atom. The fourth-order valence-corrected chi connectivity index (χ4v) is 1.62. The molecule has 4 heteroatoms. The SMILES string of the molecule is COc1cc(N)ccc1Cn1nccc1C. The highest BCUT2D eigenvalue weighted by molar-refractivity contribution is 5.48. The van der Waals surface area contributed by atoms with Gasteiger partial charge < -0.3 is 10.5 Å². The molecule has 84 valence electrons. The van der Waals surface area contributed by atoms with Crippen LogP contribution < -0.4 is 10.5 Å². The van der Waals surface area contributed by atoms with E-state index in [0.717, 1.165) is 17.0 Å². The van der Waals surface area contributed by atoms with Crippen molar-refractivity contribution >= 4 is 5.69 Å². The Morgan fingerprint density at radius 3 is 2.81 bits per heavy atom. The number of nitrogens with two attached hydrogens (primary N) is 1. The first kappa shape index (κ1) is 10.5. The molecule has 2 aromatic rings. The molecule has 0 bridgehead atoms. The molecule has 2 rings (SSSR count). The molecule has 0 atom stereocenters. The molecule has 0 saturated carbocycles. The van der Waals surface area contributed by atoms with Gasteiger partial charge in [-0.25, -0.2) is 0 Å². The highest BCUT2D eigenvalue weighted by Crippen LogP contribution is 2.22. The fourth-order valence-electron chi connectivity index (χ4n) is 1.62. The molecule has 2 N–H and O–H groups in total. The van der Waals surface area contributed by atoms with E-state index in [0.29, 0.717) is 12.2 Å². The minimum Gasteiger partial charge on any atom is -0.496 e. The summed E-state index contributed by atoms with van der Waals surface area (Å²) in [5.74, 6) is 0.801. The normalized spacial score (nSPS) is 10.4. The monoisotopic (exact) mass is 217 g/mol. The van der Waals surface area contributed by atoms with Crippen molar-refractivity contribution < 1.29 is 4.74 Å². The lowest BCUT2D eigenvalue weighted by Gasteiger charge is -2.10. The summed E-state index contributed by atoms with van der Waals surface area (Å²) >= 11 is 0. The summed E-state index contributed by atoms with van der Waals surface area (Å²) in [7, 11) is 1.65. The Morgan fingerprint density at radius 2 is 2.19 bits per heavy atom. The number of rotatable bonds is 3. The lowest BCUT2D eigenvalue weighted by Crippen LogP contribution is -2.05. The van der Waals surface area contributed by atoms with E-state index in [1.54, 1.807) is 13.3 Å². The molecule has 0 aliphatic carbocycles. The van der Waals surface area contributed by atoms with Crippen LogP contribution in [0.5, 0.6) is 5.75 Å². The standard InChI is InChI=1S/C12H15N3O/c1-9-5-6-14-15(9)8-10-3-4-11(13)7-12(10)16-2/h3-7H,8,13H2,1-2H3. The van der Waals surface area contributed by atoms with Gasteiger partial charge in [0, 0.05) is 29.2 Å². The molecule has 4 nitrogen and oxygen atoms in total. The highest BCUT2D eigenvalue weighted by atomic mass is 16.5. The van der Waals surface area contributed by atoms with Crippen LogP contribution in [0.25, 0.3) is 0 Å². The molecular formula is C12H15N3O. The van der Waals surface area contributed by atoms with Crippen LogP contribution in [0, 0.1) is 6.92 Å². The summed E-state index contributed by atoms with van der Waals surface area (Å²) in [6.07, 6.45) is 1.79. The fraction of sp³-hybridized carbons (Fsp3) is 0.250. The molecule has 0 saturated heterocycles. The van der Waals surface area contributed by atoms with Gasteiger partial charge >= 0.3 is 0 Å². The number of benzene rings is 1. The van der Waals surface area contributed by atoms with Gasteiger partial charge in [0.05, 0.1) is 13.7 Å². The van der Waals surface area contributed by atoms with E-state index in [1.165, 1.54) is 0 Å². The van der Waals surface area contributed by atoms with E-state index in [9.17, 15) is 0 Å².